The molecule has 0 bridgehead atoms. The van der Waals surface area contributed by atoms with Gasteiger partial charge in [0.2, 0.25) is 0 Å². The molecular weight excluding hydrogens is 568 g/mol. The van der Waals surface area contributed by atoms with Crippen molar-refractivity contribution in [3.05, 3.63) is 62.6 Å². The van der Waals surface area contributed by atoms with E-state index < -0.39 is 35.3 Å². The summed E-state index contributed by atoms with van der Waals surface area (Å²) in [6.07, 6.45) is -7.29. The van der Waals surface area contributed by atoms with Crippen LogP contribution in [0.2, 0.25) is 15.1 Å². The Morgan fingerprint density at radius 3 is 2.18 bits per heavy atom. The fourth-order valence-electron chi connectivity index (χ4n) is 3.46. The monoisotopic (exact) mass is 582 g/mol. The second kappa shape index (κ2) is 10.1. The van der Waals surface area contributed by atoms with Gasteiger partial charge in [-0.05, 0) is 42.0 Å². The second-order valence-corrected chi connectivity index (χ2v) is 10.5. The van der Waals surface area contributed by atoms with E-state index in [-0.39, 0.29) is 22.4 Å². The van der Waals surface area contributed by atoms with Crippen molar-refractivity contribution in [3.63, 3.8) is 0 Å². The van der Waals surface area contributed by atoms with Gasteiger partial charge in [0.25, 0.3) is 5.91 Å². The van der Waals surface area contributed by atoms with Gasteiger partial charge in [-0.25, -0.2) is 0 Å². The maximum atomic E-state index is 13.0. The van der Waals surface area contributed by atoms with Gasteiger partial charge >= 0.3 is 12.1 Å². The van der Waals surface area contributed by atoms with Gasteiger partial charge in [-0.15, -0.1) is 23.2 Å². The molecule has 0 saturated heterocycles. The minimum Gasteiger partial charge on any atom is -0.385 e. The number of alkyl halides is 7. The van der Waals surface area contributed by atoms with Crippen LogP contribution in [0.25, 0.3) is 0 Å². The molecule has 13 heteroatoms. The first-order valence-electron chi connectivity index (χ1n) is 9.73. The Balaban J connectivity index is 1.62. The first-order valence-corrected chi connectivity index (χ1v) is 11.6. The van der Waals surface area contributed by atoms with Gasteiger partial charge in [0.05, 0.1) is 10.6 Å². The number of amides is 1. The molecule has 2 aromatic carbocycles. The van der Waals surface area contributed by atoms with Crippen molar-refractivity contribution in [2.45, 2.75) is 28.8 Å². The number of hydrogen-bond donors (Lipinski definition) is 2. The standard InChI is InChI=1S/C21H16Cl5F5N2O/c22-11-5-10(6-12(23)7-11)17-15(20(17,25)26)9-33-13-1-2-16(24)14(8-13)18(34)32-4-3-19(27,28)21(29,30)31/h1-2,5-8,15,17,33H,3-4,9H2,(H,32,34). The van der Waals surface area contributed by atoms with Gasteiger partial charge in [0.15, 0.2) is 0 Å². The first-order chi connectivity index (χ1) is 15.6. The van der Waals surface area contributed by atoms with Crippen LogP contribution < -0.4 is 10.6 Å². The van der Waals surface area contributed by atoms with Crippen LogP contribution in [0.4, 0.5) is 27.6 Å². The second-order valence-electron chi connectivity index (χ2n) is 7.75. The zero-order valence-electron chi connectivity index (χ0n) is 16.9. The average molecular weight is 585 g/mol. The van der Waals surface area contributed by atoms with Crippen LogP contribution >= 0.6 is 58.0 Å². The molecule has 2 unspecified atom stereocenters. The lowest BCUT2D eigenvalue weighted by molar-refractivity contribution is -0.283. The van der Waals surface area contributed by atoms with Crippen LogP contribution in [-0.4, -0.2) is 35.4 Å². The maximum Gasteiger partial charge on any atom is 0.453 e. The van der Waals surface area contributed by atoms with E-state index in [0.717, 1.165) is 5.56 Å². The molecule has 0 radical (unpaired) electrons. The van der Waals surface area contributed by atoms with E-state index in [1.165, 1.54) is 12.1 Å². The molecule has 3 nitrogen and oxygen atoms in total. The molecule has 1 saturated carbocycles. The van der Waals surface area contributed by atoms with Crippen LogP contribution in [-0.2, 0) is 0 Å². The fourth-order valence-corrected chi connectivity index (χ4v) is 5.04. The van der Waals surface area contributed by atoms with Gasteiger partial charge in [-0.3, -0.25) is 4.79 Å². The number of rotatable bonds is 8. The Kier molecular flexibility index (Phi) is 8.10. The highest BCUT2D eigenvalue weighted by atomic mass is 35.5. The number of carbonyl (C=O) groups excluding carboxylic acids is 1. The summed E-state index contributed by atoms with van der Waals surface area (Å²) in [4.78, 5) is 12.3. The van der Waals surface area contributed by atoms with Crippen molar-refractivity contribution in [2.24, 2.45) is 5.92 Å². The average Bonchev–Trinajstić information content (AvgIpc) is 3.25. The van der Waals surface area contributed by atoms with Crippen LogP contribution in [0.1, 0.15) is 28.3 Å². The zero-order valence-corrected chi connectivity index (χ0v) is 20.7. The molecule has 3 rings (SSSR count). The van der Waals surface area contributed by atoms with Crippen LogP contribution in [0.15, 0.2) is 36.4 Å². The van der Waals surface area contributed by atoms with Crippen LogP contribution in [0, 0.1) is 5.92 Å². The lowest BCUT2D eigenvalue weighted by atomic mass is 10.1. The molecule has 0 spiro atoms. The summed E-state index contributed by atoms with van der Waals surface area (Å²) in [7, 11) is 0. The molecule has 186 valence electrons. The highest BCUT2D eigenvalue weighted by Crippen LogP contribution is 2.65. The lowest BCUT2D eigenvalue weighted by Crippen LogP contribution is -2.40. The Labute approximate surface area is 216 Å². The van der Waals surface area contributed by atoms with E-state index >= 15 is 0 Å². The van der Waals surface area contributed by atoms with Crippen molar-refractivity contribution in [1.82, 2.24) is 5.32 Å². The molecule has 2 atom stereocenters. The van der Waals surface area contributed by atoms with Gasteiger partial charge in [0.1, 0.15) is 4.33 Å². The van der Waals surface area contributed by atoms with Crippen molar-refractivity contribution < 1.29 is 26.7 Å². The predicted octanol–water partition coefficient (Wildman–Crippen LogP) is 7.96. The molecule has 2 aromatic rings. The maximum absolute atomic E-state index is 13.0. The molecule has 0 aliphatic heterocycles. The molecule has 1 aliphatic carbocycles. The molecular formula is C21H16Cl5F5N2O. The third-order valence-corrected chi connectivity index (χ3v) is 7.12. The predicted molar refractivity (Wildman–Crippen MR) is 125 cm³/mol. The van der Waals surface area contributed by atoms with Crippen molar-refractivity contribution >= 4 is 69.6 Å². The summed E-state index contributed by atoms with van der Waals surface area (Å²) < 4.78 is 61.7. The summed E-state index contributed by atoms with van der Waals surface area (Å²) >= 11 is 30.9. The normalized spacial score (nSPS) is 19.6. The van der Waals surface area contributed by atoms with Gasteiger partial charge in [0, 0.05) is 47.1 Å². The van der Waals surface area contributed by atoms with E-state index in [2.05, 4.69) is 5.32 Å². The van der Waals surface area contributed by atoms with E-state index in [1.54, 1.807) is 24.3 Å². The third kappa shape index (κ3) is 6.13. The number of nitrogens with one attached hydrogen (secondary N) is 2. The lowest BCUT2D eigenvalue weighted by Gasteiger charge is -2.19. The Morgan fingerprint density at radius 1 is 0.971 bits per heavy atom. The number of halogens is 10. The van der Waals surface area contributed by atoms with E-state index in [9.17, 15) is 26.7 Å². The number of hydrogen-bond acceptors (Lipinski definition) is 2. The summed E-state index contributed by atoms with van der Waals surface area (Å²) in [5.41, 5.74) is 1.11. The molecule has 0 aromatic heterocycles. The topological polar surface area (TPSA) is 41.1 Å². The van der Waals surface area contributed by atoms with Crippen LogP contribution in [0.5, 0.6) is 0 Å². The van der Waals surface area contributed by atoms with E-state index in [4.69, 9.17) is 58.0 Å². The summed E-state index contributed by atoms with van der Waals surface area (Å²) in [6, 6.07) is 9.30. The van der Waals surface area contributed by atoms with Gasteiger partial charge in [-0.1, -0.05) is 34.8 Å². The molecule has 1 fully saturated rings. The summed E-state index contributed by atoms with van der Waals surface area (Å²) in [5.74, 6) is -6.31. The third-order valence-electron chi connectivity index (χ3n) is 5.32. The number of benzene rings is 2. The summed E-state index contributed by atoms with van der Waals surface area (Å²) in [5, 5.41) is 5.96. The molecule has 1 amide bonds. The Morgan fingerprint density at radius 2 is 1.59 bits per heavy atom. The first kappa shape index (κ1) is 27.4. The highest BCUT2D eigenvalue weighted by molar-refractivity contribution is 6.52. The highest BCUT2D eigenvalue weighted by Gasteiger charge is 2.63. The minimum atomic E-state index is -5.70. The van der Waals surface area contributed by atoms with Crippen LogP contribution in [0.3, 0.4) is 0 Å². The molecule has 2 N–H and O–H groups in total. The van der Waals surface area contributed by atoms with Gasteiger partial charge < -0.3 is 10.6 Å². The SMILES string of the molecule is O=C(NCCC(F)(F)C(F)(F)F)c1cc(NCC2C(c3cc(Cl)cc(Cl)c3)C2(Cl)Cl)ccc1Cl. The van der Waals surface area contributed by atoms with Crippen molar-refractivity contribution in [3.8, 4) is 0 Å². The Hall–Kier alpha value is -1.19. The molecule has 0 heterocycles. The minimum absolute atomic E-state index is 0.00691. The fraction of sp³-hybridized carbons (Fsp3) is 0.381. The quantitative estimate of drug-likeness (QED) is 0.244. The van der Waals surface area contributed by atoms with E-state index in [0.29, 0.717) is 22.3 Å². The smallest absolute Gasteiger partial charge is 0.385 e. The van der Waals surface area contributed by atoms with Crippen molar-refractivity contribution in [2.75, 3.05) is 18.4 Å². The Bertz CT molecular complexity index is 1060. The molecule has 34 heavy (non-hydrogen) atoms. The molecule has 1 aliphatic rings. The summed E-state index contributed by atoms with van der Waals surface area (Å²) in [6.45, 7) is -0.603. The number of anilines is 1. The zero-order chi connectivity index (χ0) is 25.5. The largest absolute Gasteiger partial charge is 0.453 e. The number of carbonyl (C=O) groups is 1. The van der Waals surface area contributed by atoms with Gasteiger partial charge in [-0.2, -0.15) is 22.0 Å². The van der Waals surface area contributed by atoms with E-state index in [1.807, 2.05) is 5.32 Å². The van der Waals surface area contributed by atoms with Crippen molar-refractivity contribution in [1.29, 1.82) is 0 Å².